The second kappa shape index (κ2) is 7.64. The van der Waals surface area contributed by atoms with Crippen molar-refractivity contribution >= 4 is 17.6 Å². The van der Waals surface area contributed by atoms with Crippen LogP contribution in [-0.4, -0.2) is 46.6 Å². The standard InChI is InChI=1S/C20H29N3O3/c1-12-18(13(2)21-19(12)14(3)24)20(26)23-10-8-15(9-11-23)4-7-17(25)22-16-5-6-16/h15-16,21H,4-11H2,1-3H3,(H,22,25). The van der Waals surface area contributed by atoms with Gasteiger partial charge in [0.1, 0.15) is 0 Å². The van der Waals surface area contributed by atoms with Crippen molar-refractivity contribution in [3.8, 4) is 0 Å². The van der Waals surface area contributed by atoms with E-state index in [4.69, 9.17) is 0 Å². The number of likely N-dealkylation sites (tertiary alicyclic amines) is 1. The van der Waals surface area contributed by atoms with Gasteiger partial charge in [0, 0.05) is 38.2 Å². The predicted octanol–water partition coefficient (Wildman–Crippen LogP) is 2.75. The number of hydrogen-bond acceptors (Lipinski definition) is 3. The van der Waals surface area contributed by atoms with Gasteiger partial charge in [-0.25, -0.2) is 0 Å². The topological polar surface area (TPSA) is 82.3 Å². The number of Topliss-reactive ketones (excluding diaryl/α,β-unsaturated/α-hetero) is 1. The van der Waals surface area contributed by atoms with E-state index in [1.807, 2.05) is 18.7 Å². The summed E-state index contributed by atoms with van der Waals surface area (Å²) in [6.07, 6.45) is 5.60. The van der Waals surface area contributed by atoms with E-state index in [1.165, 1.54) is 6.92 Å². The van der Waals surface area contributed by atoms with E-state index in [0.29, 0.717) is 42.7 Å². The van der Waals surface area contributed by atoms with Crippen molar-refractivity contribution in [3.05, 3.63) is 22.5 Å². The van der Waals surface area contributed by atoms with Crippen LogP contribution in [0.15, 0.2) is 0 Å². The van der Waals surface area contributed by atoms with Crippen molar-refractivity contribution < 1.29 is 14.4 Å². The summed E-state index contributed by atoms with van der Waals surface area (Å²) in [4.78, 5) is 41.3. The molecule has 2 heterocycles. The zero-order valence-corrected chi connectivity index (χ0v) is 16.0. The number of nitrogens with zero attached hydrogens (tertiary/aromatic N) is 1. The highest BCUT2D eigenvalue weighted by atomic mass is 16.2. The van der Waals surface area contributed by atoms with Crippen molar-refractivity contribution in [2.24, 2.45) is 5.92 Å². The molecule has 0 bridgehead atoms. The fourth-order valence-electron chi connectivity index (χ4n) is 3.87. The summed E-state index contributed by atoms with van der Waals surface area (Å²) in [6.45, 7) is 6.62. The lowest BCUT2D eigenvalue weighted by Gasteiger charge is -2.32. The van der Waals surface area contributed by atoms with E-state index in [0.717, 1.165) is 43.4 Å². The van der Waals surface area contributed by atoms with Crippen molar-refractivity contribution in [2.45, 2.75) is 65.3 Å². The van der Waals surface area contributed by atoms with Gasteiger partial charge in [0.05, 0.1) is 11.3 Å². The van der Waals surface area contributed by atoms with Gasteiger partial charge >= 0.3 is 0 Å². The Morgan fingerprint density at radius 2 is 1.77 bits per heavy atom. The summed E-state index contributed by atoms with van der Waals surface area (Å²) in [5.74, 6) is 0.632. The smallest absolute Gasteiger partial charge is 0.255 e. The van der Waals surface area contributed by atoms with Gasteiger partial charge in [-0.3, -0.25) is 14.4 Å². The van der Waals surface area contributed by atoms with Gasteiger partial charge < -0.3 is 15.2 Å². The van der Waals surface area contributed by atoms with Crippen LogP contribution in [0.4, 0.5) is 0 Å². The van der Waals surface area contributed by atoms with Crippen LogP contribution in [0.25, 0.3) is 0 Å². The minimum atomic E-state index is -0.0483. The number of nitrogens with one attached hydrogen (secondary N) is 2. The first-order chi connectivity index (χ1) is 12.4. The van der Waals surface area contributed by atoms with Crippen LogP contribution in [0.5, 0.6) is 0 Å². The van der Waals surface area contributed by atoms with Gasteiger partial charge in [0.15, 0.2) is 5.78 Å². The molecular formula is C20H29N3O3. The molecule has 1 aliphatic carbocycles. The van der Waals surface area contributed by atoms with Gasteiger partial charge in [0.2, 0.25) is 5.91 Å². The fourth-order valence-corrected chi connectivity index (χ4v) is 3.87. The fraction of sp³-hybridized carbons (Fsp3) is 0.650. The van der Waals surface area contributed by atoms with Gasteiger partial charge in [-0.05, 0) is 57.4 Å². The Hall–Kier alpha value is -2.11. The summed E-state index contributed by atoms with van der Waals surface area (Å²) in [5, 5.41) is 3.03. The Labute approximate surface area is 154 Å². The molecule has 0 radical (unpaired) electrons. The monoisotopic (exact) mass is 359 g/mol. The number of carbonyl (C=O) groups excluding carboxylic acids is 3. The lowest BCUT2D eigenvalue weighted by molar-refractivity contribution is -0.121. The van der Waals surface area contributed by atoms with Crippen molar-refractivity contribution in [3.63, 3.8) is 0 Å². The molecule has 2 N–H and O–H groups in total. The SMILES string of the molecule is CC(=O)c1[nH]c(C)c(C(=O)N2CCC(CCC(=O)NC3CC3)CC2)c1C. The molecule has 1 aromatic rings. The molecule has 1 saturated carbocycles. The normalized spacial score (nSPS) is 18.0. The van der Waals surface area contributed by atoms with E-state index in [1.54, 1.807) is 0 Å². The van der Waals surface area contributed by atoms with Crippen LogP contribution >= 0.6 is 0 Å². The third kappa shape index (κ3) is 4.17. The van der Waals surface area contributed by atoms with Crippen LogP contribution in [0.3, 0.4) is 0 Å². The Morgan fingerprint density at radius 3 is 2.31 bits per heavy atom. The largest absolute Gasteiger partial charge is 0.355 e. The number of amides is 2. The van der Waals surface area contributed by atoms with Crippen LogP contribution < -0.4 is 5.32 Å². The number of aromatic nitrogens is 1. The molecule has 26 heavy (non-hydrogen) atoms. The molecule has 1 saturated heterocycles. The van der Waals surface area contributed by atoms with Gasteiger partial charge in [-0.2, -0.15) is 0 Å². The summed E-state index contributed by atoms with van der Waals surface area (Å²) in [5.41, 5.74) is 2.68. The highest BCUT2D eigenvalue weighted by molar-refractivity contribution is 6.02. The maximum Gasteiger partial charge on any atom is 0.255 e. The van der Waals surface area contributed by atoms with Crippen molar-refractivity contribution in [1.82, 2.24) is 15.2 Å². The minimum Gasteiger partial charge on any atom is -0.355 e. The maximum absolute atomic E-state index is 12.9. The van der Waals surface area contributed by atoms with Gasteiger partial charge in [-0.1, -0.05) is 0 Å². The minimum absolute atomic E-state index is 0.00803. The van der Waals surface area contributed by atoms with Crippen LogP contribution in [0.1, 0.15) is 77.6 Å². The van der Waals surface area contributed by atoms with Crippen LogP contribution in [0.2, 0.25) is 0 Å². The lowest BCUT2D eigenvalue weighted by atomic mass is 9.91. The first-order valence-electron chi connectivity index (χ1n) is 9.65. The second-order valence-electron chi connectivity index (χ2n) is 7.80. The molecule has 1 aromatic heterocycles. The first-order valence-corrected chi connectivity index (χ1v) is 9.65. The Bertz CT molecular complexity index is 710. The predicted molar refractivity (Wildman–Crippen MR) is 99.3 cm³/mol. The molecule has 0 aromatic carbocycles. The summed E-state index contributed by atoms with van der Waals surface area (Å²) < 4.78 is 0. The molecule has 2 aliphatic rings. The highest BCUT2D eigenvalue weighted by Crippen LogP contribution is 2.26. The molecular weight excluding hydrogens is 330 g/mol. The number of aryl methyl sites for hydroxylation is 1. The van der Waals surface area contributed by atoms with E-state index >= 15 is 0 Å². The van der Waals surface area contributed by atoms with E-state index in [9.17, 15) is 14.4 Å². The number of rotatable bonds is 6. The Balaban J connectivity index is 1.52. The zero-order valence-electron chi connectivity index (χ0n) is 16.0. The number of hydrogen-bond donors (Lipinski definition) is 2. The maximum atomic E-state index is 12.9. The molecule has 0 spiro atoms. The Morgan fingerprint density at radius 1 is 1.12 bits per heavy atom. The van der Waals surface area contributed by atoms with Crippen LogP contribution in [-0.2, 0) is 4.79 Å². The molecule has 3 rings (SSSR count). The van der Waals surface area contributed by atoms with Gasteiger partial charge in [0.25, 0.3) is 5.91 Å². The third-order valence-electron chi connectivity index (χ3n) is 5.63. The first kappa shape index (κ1) is 18.7. The summed E-state index contributed by atoms with van der Waals surface area (Å²) in [7, 11) is 0. The molecule has 6 nitrogen and oxygen atoms in total. The lowest BCUT2D eigenvalue weighted by Crippen LogP contribution is -2.39. The number of aromatic amines is 1. The quantitative estimate of drug-likeness (QED) is 0.766. The number of carbonyl (C=O) groups is 3. The average molecular weight is 359 g/mol. The van der Waals surface area contributed by atoms with E-state index < -0.39 is 0 Å². The molecule has 142 valence electrons. The van der Waals surface area contributed by atoms with Crippen LogP contribution in [0, 0.1) is 19.8 Å². The van der Waals surface area contributed by atoms with Crippen molar-refractivity contribution in [2.75, 3.05) is 13.1 Å². The molecule has 1 aliphatic heterocycles. The molecule has 2 amide bonds. The Kier molecular flexibility index (Phi) is 5.49. The number of piperidine rings is 1. The number of H-pyrrole nitrogens is 1. The molecule has 0 unspecified atom stereocenters. The molecule has 2 fully saturated rings. The summed E-state index contributed by atoms with van der Waals surface area (Å²) >= 11 is 0. The number of ketones is 1. The van der Waals surface area contributed by atoms with Gasteiger partial charge in [-0.15, -0.1) is 0 Å². The average Bonchev–Trinajstić information content (AvgIpc) is 3.36. The summed E-state index contributed by atoms with van der Waals surface area (Å²) in [6, 6.07) is 0.426. The molecule has 6 heteroatoms. The highest BCUT2D eigenvalue weighted by Gasteiger charge is 2.28. The zero-order chi connectivity index (χ0) is 18.8. The van der Waals surface area contributed by atoms with E-state index in [-0.39, 0.29) is 17.6 Å². The van der Waals surface area contributed by atoms with E-state index in [2.05, 4.69) is 10.3 Å². The molecule has 0 atom stereocenters. The van der Waals surface area contributed by atoms with Crippen molar-refractivity contribution in [1.29, 1.82) is 0 Å². The third-order valence-corrected chi connectivity index (χ3v) is 5.63. The second-order valence-corrected chi connectivity index (χ2v) is 7.80.